The number of halogens is 2. The highest BCUT2D eigenvalue weighted by Crippen LogP contribution is 2.22. The summed E-state index contributed by atoms with van der Waals surface area (Å²) in [5, 5.41) is 14.9. The predicted molar refractivity (Wildman–Crippen MR) is 98.2 cm³/mol. The van der Waals surface area contributed by atoms with Crippen molar-refractivity contribution in [3.05, 3.63) is 64.6 Å². The maximum atomic E-state index is 13.1. The van der Waals surface area contributed by atoms with Crippen LogP contribution in [-0.2, 0) is 13.0 Å². The maximum Gasteiger partial charge on any atom is 0.261 e. The normalized spacial score (nSPS) is 11.1. The monoisotopic (exact) mass is 400 g/mol. The van der Waals surface area contributed by atoms with E-state index in [1.54, 1.807) is 22.7 Å². The Morgan fingerprint density at radius 1 is 1.32 bits per heavy atom. The SMILES string of the molecule is CCc1noc(-c2cccn3c(CNC(=O)c4ccc(F)cc4Cl)nnc23)n1. The molecule has 0 aliphatic carbocycles. The largest absolute Gasteiger partial charge is 0.345 e. The average Bonchev–Trinajstić information content (AvgIpc) is 3.33. The fourth-order valence-corrected chi connectivity index (χ4v) is 2.94. The zero-order valence-corrected chi connectivity index (χ0v) is 15.4. The molecule has 1 amide bonds. The van der Waals surface area contributed by atoms with Crippen LogP contribution in [0.4, 0.5) is 4.39 Å². The number of carbonyl (C=O) groups is 1. The molecule has 0 spiro atoms. The summed E-state index contributed by atoms with van der Waals surface area (Å²) in [5.74, 6) is 0.495. The van der Waals surface area contributed by atoms with Gasteiger partial charge in [-0.3, -0.25) is 9.20 Å². The predicted octanol–water partition coefficient (Wildman–Crippen LogP) is 3.06. The minimum Gasteiger partial charge on any atom is -0.345 e. The summed E-state index contributed by atoms with van der Waals surface area (Å²) in [6.45, 7) is 2.03. The number of nitrogens with zero attached hydrogens (tertiary/aromatic N) is 5. The van der Waals surface area contributed by atoms with Gasteiger partial charge in [0.25, 0.3) is 11.8 Å². The molecule has 0 bridgehead atoms. The van der Waals surface area contributed by atoms with Crippen molar-refractivity contribution in [2.45, 2.75) is 19.9 Å². The van der Waals surface area contributed by atoms with E-state index in [1.165, 1.54) is 12.1 Å². The fraction of sp³-hybridized carbons (Fsp3) is 0.167. The van der Waals surface area contributed by atoms with Crippen molar-refractivity contribution in [2.75, 3.05) is 0 Å². The topological polar surface area (TPSA) is 98.2 Å². The smallest absolute Gasteiger partial charge is 0.261 e. The molecule has 1 N–H and O–H groups in total. The van der Waals surface area contributed by atoms with Gasteiger partial charge in [-0.15, -0.1) is 10.2 Å². The summed E-state index contributed by atoms with van der Waals surface area (Å²) in [6.07, 6.45) is 2.42. The molecule has 0 fully saturated rings. The van der Waals surface area contributed by atoms with Gasteiger partial charge in [0, 0.05) is 12.6 Å². The van der Waals surface area contributed by atoms with Crippen LogP contribution in [0, 0.1) is 5.82 Å². The molecule has 3 aromatic heterocycles. The van der Waals surface area contributed by atoms with Crippen molar-refractivity contribution in [3.8, 4) is 11.5 Å². The number of hydrogen-bond donors (Lipinski definition) is 1. The highest BCUT2D eigenvalue weighted by Gasteiger charge is 2.17. The number of fused-ring (bicyclic) bond motifs is 1. The quantitative estimate of drug-likeness (QED) is 0.552. The molecule has 3 heterocycles. The van der Waals surface area contributed by atoms with E-state index in [0.717, 1.165) is 6.07 Å². The number of pyridine rings is 1. The van der Waals surface area contributed by atoms with Gasteiger partial charge in [-0.2, -0.15) is 4.98 Å². The Hall–Kier alpha value is -3.33. The van der Waals surface area contributed by atoms with E-state index in [1.807, 2.05) is 6.92 Å². The first kappa shape index (κ1) is 18.1. The summed E-state index contributed by atoms with van der Waals surface area (Å²) < 4.78 is 20.1. The van der Waals surface area contributed by atoms with E-state index in [9.17, 15) is 9.18 Å². The molecule has 0 atom stereocenters. The van der Waals surface area contributed by atoms with Crippen LogP contribution in [0.5, 0.6) is 0 Å². The maximum absolute atomic E-state index is 13.1. The van der Waals surface area contributed by atoms with Gasteiger partial charge in [0.1, 0.15) is 5.82 Å². The lowest BCUT2D eigenvalue weighted by Crippen LogP contribution is -2.24. The van der Waals surface area contributed by atoms with E-state index < -0.39 is 11.7 Å². The Morgan fingerprint density at radius 2 is 2.18 bits per heavy atom. The Bertz CT molecular complexity index is 1170. The van der Waals surface area contributed by atoms with Gasteiger partial charge >= 0.3 is 0 Å². The second-order valence-corrected chi connectivity index (χ2v) is 6.32. The molecule has 0 unspecified atom stereocenters. The number of rotatable bonds is 5. The molecule has 0 saturated heterocycles. The van der Waals surface area contributed by atoms with Gasteiger partial charge in [-0.05, 0) is 30.3 Å². The molecular formula is C18H14ClFN6O2. The Labute approximate surface area is 163 Å². The third kappa shape index (κ3) is 3.31. The molecule has 28 heavy (non-hydrogen) atoms. The summed E-state index contributed by atoms with van der Waals surface area (Å²) in [6, 6.07) is 7.19. The first-order valence-corrected chi connectivity index (χ1v) is 8.83. The molecule has 142 valence electrons. The van der Waals surface area contributed by atoms with Crippen LogP contribution >= 0.6 is 11.6 Å². The lowest BCUT2D eigenvalue weighted by Gasteiger charge is -2.06. The molecule has 10 heteroatoms. The lowest BCUT2D eigenvalue weighted by molar-refractivity contribution is 0.0950. The van der Waals surface area contributed by atoms with Crippen LogP contribution in [-0.4, -0.2) is 30.6 Å². The van der Waals surface area contributed by atoms with Crippen LogP contribution in [0.25, 0.3) is 17.1 Å². The minimum atomic E-state index is -0.509. The fourth-order valence-electron chi connectivity index (χ4n) is 2.69. The van der Waals surface area contributed by atoms with Crippen molar-refractivity contribution < 1.29 is 13.7 Å². The number of aromatic nitrogens is 5. The van der Waals surface area contributed by atoms with Crippen LogP contribution in [0.3, 0.4) is 0 Å². The third-order valence-corrected chi connectivity index (χ3v) is 4.42. The van der Waals surface area contributed by atoms with Crippen molar-refractivity contribution in [1.29, 1.82) is 0 Å². The van der Waals surface area contributed by atoms with Gasteiger partial charge in [-0.1, -0.05) is 23.7 Å². The van der Waals surface area contributed by atoms with Crippen molar-refractivity contribution >= 4 is 23.2 Å². The van der Waals surface area contributed by atoms with Crippen LogP contribution in [0.15, 0.2) is 41.1 Å². The molecule has 0 aliphatic heterocycles. The van der Waals surface area contributed by atoms with Crippen LogP contribution in [0.1, 0.15) is 28.9 Å². The second kappa shape index (κ2) is 7.35. The van der Waals surface area contributed by atoms with Gasteiger partial charge in [0.2, 0.25) is 0 Å². The van der Waals surface area contributed by atoms with Crippen molar-refractivity contribution in [2.24, 2.45) is 0 Å². The molecule has 0 radical (unpaired) electrons. The molecular weight excluding hydrogens is 387 g/mol. The van der Waals surface area contributed by atoms with Gasteiger partial charge in [0.05, 0.1) is 22.7 Å². The lowest BCUT2D eigenvalue weighted by atomic mass is 10.2. The number of aryl methyl sites for hydroxylation is 1. The third-order valence-electron chi connectivity index (χ3n) is 4.10. The van der Waals surface area contributed by atoms with Gasteiger partial charge < -0.3 is 9.84 Å². The molecule has 4 rings (SSSR count). The Balaban J connectivity index is 1.58. The van der Waals surface area contributed by atoms with E-state index in [4.69, 9.17) is 16.1 Å². The highest BCUT2D eigenvalue weighted by molar-refractivity contribution is 6.33. The first-order valence-electron chi connectivity index (χ1n) is 8.45. The van der Waals surface area contributed by atoms with E-state index in [0.29, 0.717) is 35.2 Å². The number of benzene rings is 1. The molecule has 0 aliphatic rings. The average molecular weight is 401 g/mol. The van der Waals surface area contributed by atoms with Gasteiger partial charge in [-0.25, -0.2) is 4.39 Å². The zero-order valence-electron chi connectivity index (χ0n) is 14.7. The Morgan fingerprint density at radius 3 is 2.93 bits per heavy atom. The minimum absolute atomic E-state index is 0.0361. The van der Waals surface area contributed by atoms with Crippen molar-refractivity contribution in [1.82, 2.24) is 30.1 Å². The van der Waals surface area contributed by atoms with Crippen LogP contribution < -0.4 is 5.32 Å². The molecule has 0 saturated carbocycles. The second-order valence-electron chi connectivity index (χ2n) is 5.91. The molecule has 1 aromatic carbocycles. The summed E-state index contributed by atoms with van der Waals surface area (Å²) in [4.78, 5) is 16.6. The summed E-state index contributed by atoms with van der Waals surface area (Å²) >= 11 is 5.93. The summed E-state index contributed by atoms with van der Waals surface area (Å²) in [5.41, 5.74) is 1.34. The number of carbonyl (C=O) groups excluding carboxylic acids is 1. The summed E-state index contributed by atoms with van der Waals surface area (Å²) in [7, 11) is 0. The number of amides is 1. The number of nitrogens with one attached hydrogen (secondary N) is 1. The number of hydrogen-bond acceptors (Lipinski definition) is 6. The highest BCUT2D eigenvalue weighted by atomic mass is 35.5. The standard InChI is InChI=1S/C18H14ClFN6O2/c1-2-14-22-18(28-25-14)12-4-3-7-26-15(23-24-16(12)26)9-21-17(27)11-6-5-10(20)8-13(11)19/h3-8H,2,9H2,1H3,(H,21,27). The van der Waals surface area contributed by atoms with Crippen molar-refractivity contribution in [3.63, 3.8) is 0 Å². The first-order chi connectivity index (χ1) is 13.6. The molecule has 4 aromatic rings. The van der Waals surface area contributed by atoms with Crippen LogP contribution in [0.2, 0.25) is 5.02 Å². The van der Waals surface area contributed by atoms with E-state index in [-0.39, 0.29) is 17.1 Å². The van der Waals surface area contributed by atoms with E-state index in [2.05, 4.69) is 25.7 Å². The van der Waals surface area contributed by atoms with Gasteiger partial charge in [0.15, 0.2) is 17.3 Å². The molecule has 8 nitrogen and oxygen atoms in total. The Kier molecular flexibility index (Phi) is 4.74. The van der Waals surface area contributed by atoms with E-state index >= 15 is 0 Å². The zero-order chi connectivity index (χ0) is 19.7.